The van der Waals surface area contributed by atoms with Crippen molar-refractivity contribution in [3.8, 4) is 12.3 Å². The van der Waals surface area contributed by atoms with Gasteiger partial charge in [-0.05, 0) is 18.3 Å². The van der Waals surface area contributed by atoms with Crippen LogP contribution >= 0.6 is 0 Å². The zero-order chi connectivity index (χ0) is 12.6. The van der Waals surface area contributed by atoms with Crippen LogP contribution in [0.4, 0.5) is 4.79 Å². The number of terminal acetylenes is 1. The first-order valence-electron chi connectivity index (χ1n) is 6.13. The molecule has 1 aliphatic carbocycles. The van der Waals surface area contributed by atoms with Crippen LogP contribution in [0.3, 0.4) is 0 Å². The van der Waals surface area contributed by atoms with Crippen molar-refractivity contribution >= 4 is 11.9 Å². The Labute approximate surface area is 102 Å². The third kappa shape index (κ3) is 1.53. The molecule has 0 radical (unpaired) electrons. The van der Waals surface area contributed by atoms with Crippen molar-refractivity contribution in [3.05, 3.63) is 0 Å². The Hall–Kier alpha value is -1.50. The second-order valence-corrected chi connectivity index (χ2v) is 5.15. The maximum Gasteiger partial charge on any atom is 0.346 e. The standard InChI is InChI=1S/C13H19N3O/c1-4-8-16-12(17)15-11(14)13(16)7-5-6-9(2)10(13)3/h1,9-10H,5-8H2,2-3H3,(H2,14,15,17). The fraction of sp³-hybridized carbons (Fsp3) is 0.692. The molecule has 1 fully saturated rings. The van der Waals surface area contributed by atoms with Crippen LogP contribution in [0, 0.1) is 24.2 Å². The smallest absolute Gasteiger partial charge is 0.346 e. The molecule has 4 nitrogen and oxygen atoms in total. The van der Waals surface area contributed by atoms with Gasteiger partial charge >= 0.3 is 6.03 Å². The lowest BCUT2D eigenvalue weighted by atomic mass is 9.67. The molecule has 1 saturated carbocycles. The number of aliphatic imine (C=N–C) groups is 1. The molecule has 17 heavy (non-hydrogen) atoms. The maximum atomic E-state index is 11.9. The van der Waals surface area contributed by atoms with E-state index in [1.807, 2.05) is 0 Å². The van der Waals surface area contributed by atoms with E-state index in [1.54, 1.807) is 4.90 Å². The van der Waals surface area contributed by atoms with Crippen LogP contribution in [0.2, 0.25) is 0 Å². The number of amidine groups is 1. The minimum Gasteiger partial charge on any atom is -0.385 e. The highest BCUT2D eigenvalue weighted by atomic mass is 16.2. The summed E-state index contributed by atoms with van der Waals surface area (Å²) in [6.07, 6.45) is 8.47. The molecular formula is C13H19N3O. The first-order chi connectivity index (χ1) is 8.04. The molecule has 0 bridgehead atoms. The normalized spacial score (nSPS) is 37.1. The van der Waals surface area contributed by atoms with Gasteiger partial charge in [-0.2, -0.15) is 4.99 Å². The van der Waals surface area contributed by atoms with Crippen molar-refractivity contribution in [2.24, 2.45) is 22.6 Å². The highest BCUT2D eigenvalue weighted by Gasteiger charge is 2.54. The van der Waals surface area contributed by atoms with Crippen LogP contribution in [0.25, 0.3) is 0 Å². The molecule has 1 heterocycles. The molecule has 3 unspecified atom stereocenters. The van der Waals surface area contributed by atoms with E-state index in [1.165, 1.54) is 6.42 Å². The summed E-state index contributed by atoms with van der Waals surface area (Å²) >= 11 is 0. The number of hydrogen-bond acceptors (Lipinski definition) is 2. The minimum absolute atomic E-state index is 0.276. The van der Waals surface area contributed by atoms with Gasteiger partial charge < -0.3 is 5.73 Å². The lowest BCUT2D eigenvalue weighted by Gasteiger charge is -2.47. The van der Waals surface area contributed by atoms with Crippen molar-refractivity contribution in [2.45, 2.75) is 38.6 Å². The van der Waals surface area contributed by atoms with Crippen molar-refractivity contribution < 1.29 is 4.79 Å². The molecule has 0 aromatic carbocycles. The van der Waals surface area contributed by atoms with E-state index in [0.29, 0.717) is 24.2 Å². The van der Waals surface area contributed by atoms with Gasteiger partial charge in [-0.3, -0.25) is 4.90 Å². The number of carbonyl (C=O) groups is 1. The zero-order valence-corrected chi connectivity index (χ0v) is 10.4. The van der Waals surface area contributed by atoms with Gasteiger partial charge in [-0.1, -0.05) is 32.6 Å². The van der Waals surface area contributed by atoms with E-state index in [0.717, 1.165) is 12.8 Å². The van der Waals surface area contributed by atoms with Crippen molar-refractivity contribution in [1.29, 1.82) is 0 Å². The van der Waals surface area contributed by atoms with Crippen LogP contribution in [0.5, 0.6) is 0 Å². The summed E-state index contributed by atoms with van der Waals surface area (Å²) in [5.74, 6) is 3.84. The van der Waals surface area contributed by atoms with E-state index in [-0.39, 0.29) is 6.03 Å². The molecule has 0 aromatic rings. The van der Waals surface area contributed by atoms with Crippen molar-refractivity contribution in [3.63, 3.8) is 0 Å². The van der Waals surface area contributed by atoms with Crippen LogP contribution in [0.15, 0.2) is 4.99 Å². The van der Waals surface area contributed by atoms with Crippen LogP contribution in [0.1, 0.15) is 33.1 Å². The Morgan fingerprint density at radius 3 is 3.00 bits per heavy atom. The lowest BCUT2D eigenvalue weighted by molar-refractivity contribution is 0.0804. The van der Waals surface area contributed by atoms with Gasteiger partial charge in [0.1, 0.15) is 11.4 Å². The number of amides is 2. The molecule has 1 aliphatic heterocycles. The Morgan fingerprint density at radius 2 is 2.35 bits per heavy atom. The maximum absolute atomic E-state index is 11.9. The van der Waals surface area contributed by atoms with Gasteiger partial charge in [0.05, 0.1) is 6.54 Å². The van der Waals surface area contributed by atoms with Gasteiger partial charge in [0.2, 0.25) is 0 Å². The Balaban J connectivity index is 2.42. The highest BCUT2D eigenvalue weighted by molar-refractivity contribution is 6.06. The molecule has 4 heteroatoms. The summed E-state index contributed by atoms with van der Waals surface area (Å²) in [6, 6.07) is -0.276. The average Bonchev–Trinajstić information content (AvgIpc) is 2.51. The summed E-state index contributed by atoms with van der Waals surface area (Å²) in [6.45, 7) is 4.64. The Morgan fingerprint density at radius 1 is 1.65 bits per heavy atom. The number of nitrogens with two attached hydrogens (primary N) is 1. The predicted octanol–water partition coefficient (Wildman–Crippen LogP) is 1.61. The largest absolute Gasteiger partial charge is 0.385 e. The van der Waals surface area contributed by atoms with Crippen molar-refractivity contribution in [2.75, 3.05) is 6.54 Å². The van der Waals surface area contributed by atoms with Crippen molar-refractivity contribution in [1.82, 2.24) is 4.90 Å². The van der Waals surface area contributed by atoms with E-state index >= 15 is 0 Å². The van der Waals surface area contributed by atoms with Crippen LogP contribution < -0.4 is 5.73 Å². The molecular weight excluding hydrogens is 214 g/mol. The van der Waals surface area contributed by atoms with Gasteiger partial charge in [-0.25, -0.2) is 4.79 Å². The molecule has 2 N–H and O–H groups in total. The molecule has 0 aromatic heterocycles. The fourth-order valence-electron chi connectivity index (χ4n) is 3.25. The molecule has 2 aliphatic rings. The first-order valence-corrected chi connectivity index (χ1v) is 6.13. The summed E-state index contributed by atoms with van der Waals surface area (Å²) in [7, 11) is 0. The van der Waals surface area contributed by atoms with Gasteiger partial charge in [0, 0.05) is 0 Å². The van der Waals surface area contributed by atoms with Gasteiger partial charge in [-0.15, -0.1) is 6.42 Å². The molecule has 0 saturated heterocycles. The number of rotatable bonds is 1. The number of hydrogen-bond donors (Lipinski definition) is 1. The number of carbonyl (C=O) groups excluding carboxylic acids is 1. The van der Waals surface area contributed by atoms with E-state index in [9.17, 15) is 4.79 Å². The zero-order valence-electron chi connectivity index (χ0n) is 10.4. The molecule has 92 valence electrons. The second-order valence-electron chi connectivity index (χ2n) is 5.15. The van der Waals surface area contributed by atoms with Gasteiger partial charge in [0.15, 0.2) is 0 Å². The predicted molar refractivity (Wildman–Crippen MR) is 67.5 cm³/mol. The topological polar surface area (TPSA) is 58.7 Å². The van der Waals surface area contributed by atoms with E-state index in [4.69, 9.17) is 12.2 Å². The SMILES string of the molecule is C#CCN1C(=O)N=C(N)C12CCCC(C)C2C. The minimum atomic E-state index is -0.429. The summed E-state index contributed by atoms with van der Waals surface area (Å²) in [4.78, 5) is 17.5. The molecule has 3 atom stereocenters. The first kappa shape index (κ1) is 12.0. The Bertz CT molecular complexity index is 409. The quantitative estimate of drug-likeness (QED) is 0.699. The summed E-state index contributed by atoms with van der Waals surface area (Å²) < 4.78 is 0. The third-order valence-corrected chi connectivity index (χ3v) is 4.45. The van der Waals surface area contributed by atoms with Crippen LogP contribution in [-0.2, 0) is 0 Å². The molecule has 2 rings (SSSR count). The lowest BCUT2D eigenvalue weighted by Crippen LogP contribution is -2.61. The van der Waals surface area contributed by atoms with Gasteiger partial charge in [0.25, 0.3) is 0 Å². The third-order valence-electron chi connectivity index (χ3n) is 4.45. The fourth-order valence-corrected chi connectivity index (χ4v) is 3.25. The monoisotopic (exact) mass is 233 g/mol. The number of nitrogens with zero attached hydrogens (tertiary/aromatic N) is 2. The number of urea groups is 1. The average molecular weight is 233 g/mol. The summed E-state index contributed by atoms with van der Waals surface area (Å²) in [5, 5.41) is 0. The molecule has 2 amide bonds. The Kier molecular flexibility index (Phi) is 2.86. The van der Waals surface area contributed by atoms with E-state index in [2.05, 4.69) is 24.8 Å². The second kappa shape index (κ2) is 4.06. The van der Waals surface area contributed by atoms with E-state index < -0.39 is 5.54 Å². The summed E-state index contributed by atoms with van der Waals surface area (Å²) in [5.41, 5.74) is 5.60. The highest BCUT2D eigenvalue weighted by Crippen LogP contribution is 2.44. The molecule has 1 spiro atoms. The van der Waals surface area contributed by atoms with Crippen LogP contribution in [-0.4, -0.2) is 28.9 Å².